The van der Waals surface area contributed by atoms with E-state index >= 15 is 0 Å². The Morgan fingerprint density at radius 2 is 2.04 bits per heavy atom. The van der Waals surface area contributed by atoms with Gasteiger partial charge >= 0.3 is 0 Å². The van der Waals surface area contributed by atoms with E-state index in [-0.39, 0.29) is 23.6 Å². The van der Waals surface area contributed by atoms with Crippen LogP contribution in [-0.2, 0) is 14.8 Å². The molecule has 0 saturated carbocycles. The van der Waals surface area contributed by atoms with Gasteiger partial charge < -0.3 is 5.32 Å². The molecular weight excluding hydrogens is 324 g/mol. The van der Waals surface area contributed by atoms with Crippen LogP contribution in [0.1, 0.15) is 50.3 Å². The second-order valence-electron chi connectivity index (χ2n) is 6.42. The van der Waals surface area contributed by atoms with Crippen molar-refractivity contribution in [2.24, 2.45) is 5.92 Å². The van der Waals surface area contributed by atoms with E-state index in [4.69, 9.17) is 0 Å². The molecule has 0 aromatic heterocycles. The fourth-order valence-electron chi connectivity index (χ4n) is 3.26. The molecule has 1 heterocycles. The molecule has 0 radical (unpaired) electrons. The lowest BCUT2D eigenvalue weighted by atomic mass is 9.95. The van der Waals surface area contributed by atoms with Crippen LogP contribution in [0.4, 0.5) is 0 Å². The van der Waals surface area contributed by atoms with Crippen LogP contribution in [0.3, 0.4) is 0 Å². The summed E-state index contributed by atoms with van der Waals surface area (Å²) in [5, 5.41) is 3.12. The third-order valence-corrected chi connectivity index (χ3v) is 6.65. The average Bonchev–Trinajstić information content (AvgIpc) is 2.60. The quantitative estimate of drug-likeness (QED) is 0.856. The van der Waals surface area contributed by atoms with E-state index in [0.717, 1.165) is 30.4 Å². The van der Waals surface area contributed by atoms with Crippen molar-refractivity contribution in [2.45, 2.75) is 46.1 Å². The Morgan fingerprint density at radius 1 is 1.33 bits per heavy atom. The fraction of sp³-hybridized carbons (Fsp3) is 0.611. The van der Waals surface area contributed by atoms with Gasteiger partial charge in [0.15, 0.2) is 0 Å². The Bertz CT molecular complexity index is 673. The Balaban J connectivity index is 2.07. The predicted octanol–water partition coefficient (Wildman–Crippen LogP) is 2.62. The lowest BCUT2D eigenvalue weighted by Crippen LogP contribution is -2.46. The van der Waals surface area contributed by atoms with E-state index in [1.165, 1.54) is 4.31 Å². The molecule has 1 amide bonds. The number of hydrogen-bond acceptors (Lipinski definition) is 3. The van der Waals surface area contributed by atoms with Crippen molar-refractivity contribution >= 4 is 15.9 Å². The van der Waals surface area contributed by atoms with Crippen molar-refractivity contribution < 1.29 is 13.2 Å². The molecule has 0 aliphatic carbocycles. The number of sulfonamides is 1. The minimum atomic E-state index is -3.23. The molecule has 6 heteroatoms. The molecule has 1 aromatic rings. The number of piperidine rings is 1. The Labute approximate surface area is 145 Å². The molecule has 1 saturated heterocycles. The van der Waals surface area contributed by atoms with Gasteiger partial charge in [-0.3, -0.25) is 4.79 Å². The standard InChI is InChI=1S/C18H28N2O3S/c1-4-17(16-11-7-6-9-14(16)3)19-18(21)15-10-8-12-20(13-15)24(22,23)5-2/h6-7,9,11,15,17H,4-5,8,10,12-13H2,1-3H3,(H,19,21)/t15-,17-/m1/s1. The van der Waals surface area contributed by atoms with Gasteiger partial charge in [0.2, 0.25) is 15.9 Å². The molecule has 1 N–H and O–H groups in total. The summed E-state index contributed by atoms with van der Waals surface area (Å²) in [6, 6.07) is 8.02. The van der Waals surface area contributed by atoms with Gasteiger partial charge in [-0.25, -0.2) is 12.7 Å². The third-order valence-electron chi connectivity index (χ3n) is 4.80. The highest BCUT2D eigenvalue weighted by atomic mass is 32.2. The summed E-state index contributed by atoms with van der Waals surface area (Å²) >= 11 is 0. The van der Waals surface area contributed by atoms with Crippen LogP contribution in [0.25, 0.3) is 0 Å². The molecule has 1 aliphatic heterocycles. The number of hydrogen-bond donors (Lipinski definition) is 1. The van der Waals surface area contributed by atoms with Crippen molar-refractivity contribution in [3.05, 3.63) is 35.4 Å². The average molecular weight is 353 g/mol. The molecule has 1 aliphatic rings. The first-order chi connectivity index (χ1) is 11.4. The first kappa shape index (κ1) is 18.9. The van der Waals surface area contributed by atoms with E-state index < -0.39 is 10.0 Å². The maximum atomic E-state index is 12.7. The summed E-state index contributed by atoms with van der Waals surface area (Å²) < 4.78 is 25.6. The normalized spacial score (nSPS) is 20.5. The lowest BCUT2D eigenvalue weighted by molar-refractivity contribution is -0.126. The van der Waals surface area contributed by atoms with E-state index in [1.54, 1.807) is 6.92 Å². The number of aryl methyl sites for hydroxylation is 1. The van der Waals surface area contributed by atoms with Gasteiger partial charge in [-0.1, -0.05) is 31.2 Å². The zero-order valence-electron chi connectivity index (χ0n) is 14.8. The van der Waals surface area contributed by atoms with Crippen LogP contribution >= 0.6 is 0 Å². The van der Waals surface area contributed by atoms with Crippen LogP contribution in [0.2, 0.25) is 0 Å². The van der Waals surface area contributed by atoms with Crippen LogP contribution < -0.4 is 5.32 Å². The van der Waals surface area contributed by atoms with E-state index in [1.807, 2.05) is 38.1 Å². The maximum absolute atomic E-state index is 12.7. The molecule has 5 nitrogen and oxygen atoms in total. The third kappa shape index (κ3) is 4.36. The van der Waals surface area contributed by atoms with E-state index in [0.29, 0.717) is 13.1 Å². The van der Waals surface area contributed by atoms with Crippen LogP contribution in [-0.4, -0.2) is 37.5 Å². The second-order valence-corrected chi connectivity index (χ2v) is 8.68. The topological polar surface area (TPSA) is 66.5 Å². The molecule has 1 aromatic carbocycles. The molecule has 24 heavy (non-hydrogen) atoms. The van der Waals surface area contributed by atoms with Gasteiger partial charge in [0.25, 0.3) is 0 Å². The number of benzene rings is 1. The Morgan fingerprint density at radius 3 is 2.67 bits per heavy atom. The Hall–Kier alpha value is -1.40. The second kappa shape index (κ2) is 8.12. The number of nitrogens with one attached hydrogen (secondary N) is 1. The molecule has 0 bridgehead atoms. The smallest absolute Gasteiger partial charge is 0.224 e. The highest BCUT2D eigenvalue weighted by Gasteiger charge is 2.32. The number of carbonyl (C=O) groups excluding carboxylic acids is 1. The van der Waals surface area contributed by atoms with Gasteiger partial charge in [0, 0.05) is 13.1 Å². The maximum Gasteiger partial charge on any atom is 0.224 e. The molecule has 0 unspecified atom stereocenters. The SMILES string of the molecule is CC[C@@H](NC(=O)[C@@H]1CCCN(S(=O)(=O)CC)C1)c1ccccc1C. The summed E-state index contributed by atoms with van der Waals surface area (Å²) in [7, 11) is -3.23. The minimum Gasteiger partial charge on any atom is -0.349 e. The summed E-state index contributed by atoms with van der Waals surface area (Å²) in [5.74, 6) is -0.221. The van der Waals surface area contributed by atoms with Gasteiger partial charge in [0.1, 0.15) is 0 Å². The van der Waals surface area contributed by atoms with E-state index in [9.17, 15) is 13.2 Å². The zero-order chi connectivity index (χ0) is 17.7. The largest absolute Gasteiger partial charge is 0.349 e. The molecule has 1 fully saturated rings. The monoisotopic (exact) mass is 352 g/mol. The van der Waals surface area contributed by atoms with Crippen molar-refractivity contribution in [1.29, 1.82) is 0 Å². The first-order valence-corrected chi connectivity index (χ1v) is 10.3. The predicted molar refractivity (Wildman–Crippen MR) is 96.1 cm³/mol. The fourth-order valence-corrected chi connectivity index (χ4v) is 4.44. The molecule has 0 spiro atoms. The number of amides is 1. The van der Waals surface area contributed by atoms with Crippen molar-refractivity contribution in [2.75, 3.05) is 18.8 Å². The zero-order valence-corrected chi connectivity index (χ0v) is 15.6. The van der Waals surface area contributed by atoms with Crippen LogP contribution in [0.15, 0.2) is 24.3 Å². The molecular formula is C18H28N2O3S. The number of nitrogens with zero attached hydrogens (tertiary/aromatic N) is 1. The van der Waals surface area contributed by atoms with Crippen molar-refractivity contribution in [3.8, 4) is 0 Å². The van der Waals surface area contributed by atoms with Crippen molar-refractivity contribution in [1.82, 2.24) is 9.62 Å². The van der Waals surface area contributed by atoms with Gasteiger partial charge in [-0.15, -0.1) is 0 Å². The highest BCUT2D eigenvalue weighted by Crippen LogP contribution is 2.24. The van der Waals surface area contributed by atoms with Gasteiger partial charge in [-0.05, 0) is 44.2 Å². The number of carbonyl (C=O) groups is 1. The summed E-state index contributed by atoms with van der Waals surface area (Å²) in [4.78, 5) is 12.7. The molecule has 2 atom stereocenters. The van der Waals surface area contributed by atoms with Crippen molar-refractivity contribution in [3.63, 3.8) is 0 Å². The summed E-state index contributed by atoms with van der Waals surface area (Å²) in [6.45, 7) is 6.55. The van der Waals surface area contributed by atoms with E-state index in [2.05, 4.69) is 5.32 Å². The highest BCUT2D eigenvalue weighted by molar-refractivity contribution is 7.89. The number of rotatable bonds is 6. The van der Waals surface area contributed by atoms with Crippen LogP contribution in [0, 0.1) is 12.8 Å². The lowest BCUT2D eigenvalue weighted by Gasteiger charge is -2.32. The summed E-state index contributed by atoms with van der Waals surface area (Å²) in [5.41, 5.74) is 2.28. The van der Waals surface area contributed by atoms with Crippen LogP contribution in [0.5, 0.6) is 0 Å². The Kier molecular flexibility index (Phi) is 6.40. The first-order valence-electron chi connectivity index (χ1n) is 8.72. The van der Waals surface area contributed by atoms with Gasteiger partial charge in [0.05, 0.1) is 17.7 Å². The van der Waals surface area contributed by atoms with Gasteiger partial charge in [-0.2, -0.15) is 0 Å². The minimum absolute atomic E-state index is 0.0307. The molecule has 2 rings (SSSR count). The summed E-state index contributed by atoms with van der Waals surface area (Å²) in [6.07, 6.45) is 2.28. The molecule has 134 valence electrons.